The smallest absolute Gasteiger partial charge is 0.407 e. The Morgan fingerprint density at radius 2 is 2.00 bits per heavy atom. The number of aromatic nitrogens is 2. The maximum Gasteiger partial charge on any atom is 0.407 e. The Hall–Kier alpha value is -3.11. The van der Waals surface area contributed by atoms with Gasteiger partial charge in [0.05, 0.1) is 18.7 Å². The molecule has 1 aromatic carbocycles. The first-order valence-corrected chi connectivity index (χ1v) is 12.3. The van der Waals surface area contributed by atoms with E-state index in [4.69, 9.17) is 14.2 Å². The van der Waals surface area contributed by atoms with Gasteiger partial charge in [0.25, 0.3) is 0 Å². The molecule has 2 amide bonds. The van der Waals surface area contributed by atoms with E-state index in [9.17, 15) is 9.59 Å². The molecule has 0 saturated carbocycles. The van der Waals surface area contributed by atoms with E-state index in [-0.39, 0.29) is 30.6 Å². The average Bonchev–Trinajstić information content (AvgIpc) is 3.57. The van der Waals surface area contributed by atoms with E-state index >= 15 is 0 Å². The van der Waals surface area contributed by atoms with Crippen LogP contribution in [0.4, 0.5) is 10.6 Å². The number of anilines is 1. The monoisotopic (exact) mass is 485 g/mol. The Morgan fingerprint density at radius 3 is 2.74 bits per heavy atom. The van der Waals surface area contributed by atoms with Crippen molar-refractivity contribution >= 4 is 17.8 Å². The van der Waals surface area contributed by atoms with Gasteiger partial charge in [0.15, 0.2) is 5.82 Å². The van der Waals surface area contributed by atoms with E-state index in [2.05, 4.69) is 25.7 Å². The Morgan fingerprint density at radius 1 is 1.23 bits per heavy atom. The quantitative estimate of drug-likeness (QED) is 0.473. The molecule has 2 atom stereocenters. The zero-order valence-corrected chi connectivity index (χ0v) is 20.4. The molecule has 0 spiro atoms. The van der Waals surface area contributed by atoms with E-state index < -0.39 is 6.09 Å². The fraction of sp³-hybridized carbons (Fsp3) is 0.560. The second-order valence-electron chi connectivity index (χ2n) is 9.36. The van der Waals surface area contributed by atoms with E-state index in [1.807, 2.05) is 38.1 Å². The summed E-state index contributed by atoms with van der Waals surface area (Å²) in [7, 11) is 0. The second kappa shape index (κ2) is 12.0. The van der Waals surface area contributed by atoms with Gasteiger partial charge in [0.1, 0.15) is 24.6 Å². The summed E-state index contributed by atoms with van der Waals surface area (Å²) in [5.41, 5.74) is 1.62. The van der Waals surface area contributed by atoms with Crippen LogP contribution in [0, 0.1) is 0 Å². The number of carbonyl (C=O) groups excluding carboxylic acids is 2. The Bertz CT molecular complexity index is 971. The number of alkyl carbamates (subject to hydrolysis) is 1. The SMILES string of the molecule is CC(C)NC(=O)O[C@@H]1COC(c2cc(NC(=O)Cc3ccc(OCCN4CCCC4)cc3)n[nH]2)C1. The number of rotatable bonds is 10. The van der Waals surface area contributed by atoms with Crippen molar-refractivity contribution < 1.29 is 23.8 Å². The van der Waals surface area contributed by atoms with Crippen molar-refractivity contribution in [1.82, 2.24) is 20.4 Å². The number of aromatic amines is 1. The molecule has 1 unspecified atom stereocenters. The van der Waals surface area contributed by atoms with Gasteiger partial charge < -0.3 is 24.8 Å². The molecule has 0 radical (unpaired) electrons. The lowest BCUT2D eigenvalue weighted by Crippen LogP contribution is -2.33. The lowest BCUT2D eigenvalue weighted by Gasteiger charge is -2.15. The molecule has 4 rings (SSSR count). The number of carbonyl (C=O) groups is 2. The van der Waals surface area contributed by atoms with E-state index in [0.29, 0.717) is 25.5 Å². The maximum absolute atomic E-state index is 12.5. The van der Waals surface area contributed by atoms with Crippen molar-refractivity contribution in [3.8, 4) is 5.75 Å². The van der Waals surface area contributed by atoms with Gasteiger partial charge in [-0.1, -0.05) is 12.1 Å². The first kappa shape index (κ1) is 25.0. The van der Waals surface area contributed by atoms with Crippen LogP contribution in [-0.4, -0.2) is 72.1 Å². The summed E-state index contributed by atoms with van der Waals surface area (Å²) in [4.78, 5) is 26.7. The minimum absolute atomic E-state index is 0.00954. The molecule has 3 heterocycles. The van der Waals surface area contributed by atoms with E-state index in [1.54, 1.807) is 6.07 Å². The van der Waals surface area contributed by atoms with Crippen LogP contribution in [0.2, 0.25) is 0 Å². The second-order valence-corrected chi connectivity index (χ2v) is 9.36. The molecule has 2 aliphatic rings. The van der Waals surface area contributed by atoms with Crippen LogP contribution >= 0.6 is 0 Å². The number of hydrogen-bond donors (Lipinski definition) is 3. The molecular formula is C25H35N5O5. The topological polar surface area (TPSA) is 118 Å². The highest BCUT2D eigenvalue weighted by Gasteiger charge is 2.31. The number of ether oxygens (including phenoxy) is 3. The van der Waals surface area contributed by atoms with Gasteiger partial charge in [0, 0.05) is 25.1 Å². The van der Waals surface area contributed by atoms with E-state index in [0.717, 1.165) is 36.6 Å². The van der Waals surface area contributed by atoms with Crippen LogP contribution in [0.3, 0.4) is 0 Å². The summed E-state index contributed by atoms with van der Waals surface area (Å²) in [6.07, 6.45) is 2.26. The molecule has 35 heavy (non-hydrogen) atoms. The Kier molecular flexibility index (Phi) is 8.59. The van der Waals surface area contributed by atoms with Crippen molar-refractivity contribution in [2.45, 2.75) is 57.8 Å². The normalized spacial score (nSPS) is 20.2. The molecule has 10 nitrogen and oxygen atoms in total. The third-order valence-corrected chi connectivity index (χ3v) is 6.02. The molecule has 2 aromatic rings. The molecule has 2 fully saturated rings. The zero-order chi connectivity index (χ0) is 24.6. The number of amides is 2. The summed E-state index contributed by atoms with van der Waals surface area (Å²) in [6, 6.07) is 9.37. The lowest BCUT2D eigenvalue weighted by molar-refractivity contribution is -0.115. The highest BCUT2D eigenvalue weighted by Crippen LogP contribution is 2.30. The summed E-state index contributed by atoms with van der Waals surface area (Å²) in [5, 5.41) is 12.6. The molecule has 10 heteroatoms. The molecule has 2 saturated heterocycles. The molecular weight excluding hydrogens is 450 g/mol. The van der Waals surface area contributed by atoms with Crippen molar-refractivity contribution in [2.75, 3.05) is 38.2 Å². The van der Waals surface area contributed by atoms with Crippen molar-refractivity contribution in [3.63, 3.8) is 0 Å². The number of H-pyrrole nitrogens is 1. The number of likely N-dealkylation sites (tertiary alicyclic amines) is 1. The minimum atomic E-state index is -0.450. The third kappa shape index (κ3) is 7.69. The van der Waals surface area contributed by atoms with Crippen molar-refractivity contribution in [2.24, 2.45) is 0 Å². The molecule has 190 valence electrons. The molecule has 3 N–H and O–H groups in total. The Balaban J connectivity index is 1.19. The average molecular weight is 486 g/mol. The van der Waals surface area contributed by atoms with Crippen molar-refractivity contribution in [1.29, 1.82) is 0 Å². The van der Waals surface area contributed by atoms with Crippen LogP contribution < -0.4 is 15.4 Å². The highest BCUT2D eigenvalue weighted by molar-refractivity contribution is 5.91. The Labute approximate surface area is 205 Å². The molecule has 0 bridgehead atoms. The fourth-order valence-electron chi connectivity index (χ4n) is 4.26. The van der Waals surface area contributed by atoms with Gasteiger partial charge >= 0.3 is 6.09 Å². The van der Waals surface area contributed by atoms with Gasteiger partial charge in [-0.25, -0.2) is 4.79 Å². The molecule has 0 aliphatic carbocycles. The van der Waals surface area contributed by atoms with Crippen LogP contribution in [0.25, 0.3) is 0 Å². The minimum Gasteiger partial charge on any atom is -0.492 e. The number of nitrogens with zero attached hydrogens (tertiary/aromatic N) is 2. The summed E-state index contributed by atoms with van der Waals surface area (Å²) in [5.74, 6) is 1.08. The van der Waals surface area contributed by atoms with Gasteiger partial charge in [-0.15, -0.1) is 0 Å². The summed E-state index contributed by atoms with van der Waals surface area (Å²) in [6.45, 7) is 8.00. The predicted octanol–water partition coefficient (Wildman–Crippen LogP) is 3.03. The standard InChI is InChI=1S/C25H35N5O5/c1-17(2)26-25(32)35-20-14-22(34-16-20)21-15-23(29-28-21)27-24(31)13-18-5-7-19(8-6-18)33-12-11-30-9-3-4-10-30/h5-8,15,17,20,22H,3-4,9-14,16H2,1-2H3,(H,26,32)(H2,27,28,29,31)/t20-,22?/m0/s1. The summed E-state index contributed by atoms with van der Waals surface area (Å²) < 4.78 is 16.9. The number of benzene rings is 1. The van der Waals surface area contributed by atoms with Gasteiger partial charge in [0.2, 0.25) is 5.91 Å². The first-order chi connectivity index (χ1) is 16.9. The number of hydrogen-bond acceptors (Lipinski definition) is 7. The predicted molar refractivity (Wildman–Crippen MR) is 130 cm³/mol. The van der Waals surface area contributed by atoms with Crippen LogP contribution in [0.15, 0.2) is 30.3 Å². The van der Waals surface area contributed by atoms with E-state index in [1.165, 1.54) is 12.8 Å². The highest BCUT2D eigenvalue weighted by atomic mass is 16.6. The number of nitrogens with one attached hydrogen (secondary N) is 3. The lowest BCUT2D eigenvalue weighted by atomic mass is 10.1. The summed E-state index contributed by atoms with van der Waals surface area (Å²) >= 11 is 0. The van der Waals surface area contributed by atoms with Crippen LogP contribution in [0.5, 0.6) is 5.75 Å². The van der Waals surface area contributed by atoms with Gasteiger partial charge in [-0.05, 0) is 57.5 Å². The maximum atomic E-state index is 12.5. The van der Waals surface area contributed by atoms with Crippen LogP contribution in [-0.2, 0) is 20.7 Å². The molecule has 2 aliphatic heterocycles. The zero-order valence-electron chi connectivity index (χ0n) is 20.4. The first-order valence-electron chi connectivity index (χ1n) is 12.3. The van der Waals surface area contributed by atoms with Gasteiger partial charge in [-0.2, -0.15) is 5.10 Å². The molecule has 1 aromatic heterocycles. The fourth-order valence-corrected chi connectivity index (χ4v) is 4.26. The largest absolute Gasteiger partial charge is 0.492 e. The van der Waals surface area contributed by atoms with Gasteiger partial charge in [-0.3, -0.25) is 14.8 Å². The van der Waals surface area contributed by atoms with Crippen molar-refractivity contribution in [3.05, 3.63) is 41.6 Å². The third-order valence-electron chi connectivity index (χ3n) is 6.02. The van der Waals surface area contributed by atoms with Crippen LogP contribution in [0.1, 0.15) is 50.5 Å².